The summed E-state index contributed by atoms with van der Waals surface area (Å²) in [5, 5.41) is 1.10. The molecule has 1 fully saturated rings. The van der Waals surface area contributed by atoms with E-state index < -0.39 is 0 Å². The number of likely N-dealkylation sites (tertiary alicyclic amines) is 1. The van der Waals surface area contributed by atoms with Crippen LogP contribution < -0.4 is 0 Å². The molecule has 0 aliphatic carbocycles. The number of piperidine rings is 1. The number of amides is 2. The van der Waals surface area contributed by atoms with Crippen molar-refractivity contribution in [3.8, 4) is 0 Å². The topological polar surface area (TPSA) is 58.4 Å². The van der Waals surface area contributed by atoms with Gasteiger partial charge in [0.1, 0.15) is 5.69 Å². The summed E-state index contributed by atoms with van der Waals surface area (Å²) in [4.78, 5) is 33.2. The number of pyridine rings is 1. The molecule has 1 aliphatic heterocycles. The van der Waals surface area contributed by atoms with Gasteiger partial charge < -0.3 is 14.4 Å². The quantitative estimate of drug-likeness (QED) is 0.670. The van der Waals surface area contributed by atoms with E-state index in [1.165, 1.54) is 5.56 Å². The molecule has 156 valence electrons. The summed E-state index contributed by atoms with van der Waals surface area (Å²) in [6.45, 7) is 3.49. The molecule has 0 radical (unpaired) electrons. The Labute approximate surface area is 177 Å². The van der Waals surface area contributed by atoms with Gasteiger partial charge in [-0.05, 0) is 50.1 Å². The lowest BCUT2D eigenvalue weighted by Crippen LogP contribution is -2.38. The molecule has 6 heteroatoms. The van der Waals surface area contributed by atoms with Crippen molar-refractivity contribution in [3.05, 3.63) is 65.1 Å². The first-order chi connectivity index (χ1) is 14.3. The Morgan fingerprint density at radius 3 is 2.43 bits per heavy atom. The van der Waals surface area contributed by atoms with Crippen LogP contribution in [0.15, 0.2) is 42.6 Å². The van der Waals surface area contributed by atoms with Gasteiger partial charge in [0, 0.05) is 62.9 Å². The number of fused-ring (bicyclic) bond motifs is 1. The molecule has 0 atom stereocenters. The van der Waals surface area contributed by atoms with Crippen molar-refractivity contribution in [3.63, 3.8) is 0 Å². The second-order valence-corrected chi connectivity index (χ2v) is 8.39. The fourth-order valence-electron chi connectivity index (χ4n) is 4.25. The van der Waals surface area contributed by atoms with Gasteiger partial charge in [-0.15, -0.1) is 0 Å². The zero-order chi connectivity index (χ0) is 21.4. The van der Waals surface area contributed by atoms with Crippen molar-refractivity contribution >= 4 is 22.7 Å². The molecule has 1 aliphatic rings. The van der Waals surface area contributed by atoms with Gasteiger partial charge in [0.2, 0.25) is 0 Å². The Balaban J connectivity index is 1.44. The number of hydrogen-bond donors (Lipinski definition) is 0. The lowest BCUT2D eigenvalue weighted by Gasteiger charge is -2.32. The van der Waals surface area contributed by atoms with Crippen molar-refractivity contribution < 1.29 is 9.59 Å². The van der Waals surface area contributed by atoms with Crippen LogP contribution in [-0.4, -0.2) is 58.4 Å². The molecule has 0 spiro atoms. The van der Waals surface area contributed by atoms with Crippen LogP contribution in [0.2, 0.25) is 0 Å². The number of hydrogen-bond acceptors (Lipinski definition) is 3. The van der Waals surface area contributed by atoms with Gasteiger partial charge in [-0.25, -0.2) is 0 Å². The van der Waals surface area contributed by atoms with E-state index in [1.54, 1.807) is 25.2 Å². The first kappa shape index (κ1) is 20.1. The predicted molar refractivity (Wildman–Crippen MR) is 118 cm³/mol. The molecule has 4 rings (SSSR count). The van der Waals surface area contributed by atoms with Crippen molar-refractivity contribution in [1.29, 1.82) is 0 Å². The van der Waals surface area contributed by atoms with Gasteiger partial charge >= 0.3 is 0 Å². The van der Waals surface area contributed by atoms with Crippen molar-refractivity contribution in [2.75, 3.05) is 27.2 Å². The Hall–Kier alpha value is -3.15. The highest BCUT2D eigenvalue weighted by Gasteiger charge is 2.27. The third-order valence-electron chi connectivity index (χ3n) is 6.06. The molecule has 3 aromatic rings. The van der Waals surface area contributed by atoms with E-state index in [0.717, 1.165) is 35.1 Å². The van der Waals surface area contributed by atoms with E-state index in [1.807, 2.05) is 34.7 Å². The molecule has 1 saturated heterocycles. The van der Waals surface area contributed by atoms with Gasteiger partial charge in [-0.3, -0.25) is 14.6 Å². The predicted octanol–water partition coefficient (Wildman–Crippen LogP) is 3.60. The highest BCUT2D eigenvalue weighted by molar-refractivity contribution is 5.99. The van der Waals surface area contributed by atoms with Crippen LogP contribution in [0, 0.1) is 6.92 Å². The average Bonchev–Trinajstić information content (AvgIpc) is 3.08. The summed E-state index contributed by atoms with van der Waals surface area (Å²) < 4.78 is 1.99. The van der Waals surface area contributed by atoms with Crippen molar-refractivity contribution in [1.82, 2.24) is 19.4 Å². The van der Waals surface area contributed by atoms with Crippen LogP contribution in [0.3, 0.4) is 0 Å². The van der Waals surface area contributed by atoms with E-state index >= 15 is 0 Å². The number of benzene rings is 1. The normalized spacial score (nSPS) is 14.9. The minimum Gasteiger partial charge on any atom is -0.345 e. The van der Waals surface area contributed by atoms with Gasteiger partial charge in [0.25, 0.3) is 11.8 Å². The zero-order valence-electron chi connectivity index (χ0n) is 18.1. The van der Waals surface area contributed by atoms with Crippen LogP contribution in [-0.2, 0) is 7.05 Å². The Morgan fingerprint density at radius 2 is 1.80 bits per heavy atom. The lowest BCUT2D eigenvalue weighted by atomic mass is 9.92. The summed E-state index contributed by atoms with van der Waals surface area (Å²) in [5.74, 6) is 0.358. The third-order valence-corrected chi connectivity index (χ3v) is 6.06. The monoisotopic (exact) mass is 404 g/mol. The van der Waals surface area contributed by atoms with Gasteiger partial charge in [0.15, 0.2) is 0 Å². The highest BCUT2D eigenvalue weighted by atomic mass is 16.2. The third kappa shape index (κ3) is 3.70. The van der Waals surface area contributed by atoms with Gasteiger partial charge in [-0.1, -0.05) is 11.6 Å². The SMILES string of the molecule is Cc1ccc2c(c1)cc(C(=O)N1CCC(c3ccc(C(=O)N(C)C)cn3)CC1)n2C. The Kier molecular flexibility index (Phi) is 5.33. The second-order valence-electron chi connectivity index (χ2n) is 8.39. The minimum atomic E-state index is -0.0420. The molecule has 6 nitrogen and oxygen atoms in total. The fourth-order valence-corrected chi connectivity index (χ4v) is 4.25. The van der Waals surface area contributed by atoms with E-state index in [-0.39, 0.29) is 11.8 Å². The molecule has 1 aromatic carbocycles. The Morgan fingerprint density at radius 1 is 1.07 bits per heavy atom. The van der Waals surface area contributed by atoms with Gasteiger partial charge in [-0.2, -0.15) is 0 Å². The number of aromatic nitrogens is 2. The first-order valence-electron chi connectivity index (χ1n) is 10.4. The summed E-state index contributed by atoms with van der Waals surface area (Å²) in [5.41, 5.74) is 4.60. The molecule has 0 unspecified atom stereocenters. The molecule has 0 bridgehead atoms. The maximum atomic E-state index is 13.1. The van der Waals surface area contributed by atoms with Crippen LogP contribution in [0.25, 0.3) is 10.9 Å². The minimum absolute atomic E-state index is 0.0420. The van der Waals surface area contributed by atoms with E-state index in [0.29, 0.717) is 24.6 Å². The molecule has 0 saturated carbocycles. The number of carbonyl (C=O) groups excluding carboxylic acids is 2. The van der Waals surface area contributed by atoms with Crippen LogP contribution in [0.5, 0.6) is 0 Å². The summed E-state index contributed by atoms with van der Waals surface area (Å²) in [7, 11) is 5.43. The highest BCUT2D eigenvalue weighted by Crippen LogP contribution is 2.28. The number of rotatable bonds is 3. The molecule has 2 amide bonds. The smallest absolute Gasteiger partial charge is 0.270 e. The number of aryl methyl sites for hydroxylation is 2. The molecular formula is C24H28N4O2. The first-order valence-corrected chi connectivity index (χ1v) is 10.4. The van der Waals surface area contributed by atoms with Gasteiger partial charge in [0.05, 0.1) is 5.56 Å². The largest absolute Gasteiger partial charge is 0.345 e. The lowest BCUT2D eigenvalue weighted by molar-refractivity contribution is 0.0702. The van der Waals surface area contributed by atoms with Crippen LogP contribution in [0.1, 0.15) is 50.9 Å². The molecule has 3 heterocycles. The zero-order valence-corrected chi connectivity index (χ0v) is 18.1. The van der Waals surface area contributed by atoms with E-state index in [2.05, 4.69) is 30.1 Å². The molecule has 30 heavy (non-hydrogen) atoms. The van der Waals surface area contributed by atoms with Crippen LogP contribution in [0.4, 0.5) is 0 Å². The summed E-state index contributed by atoms with van der Waals surface area (Å²) in [6, 6.07) is 12.1. The fraction of sp³-hybridized carbons (Fsp3) is 0.375. The second kappa shape index (κ2) is 7.94. The maximum absolute atomic E-state index is 13.1. The van der Waals surface area contributed by atoms with E-state index in [9.17, 15) is 9.59 Å². The molecule has 2 aromatic heterocycles. The van der Waals surface area contributed by atoms with E-state index in [4.69, 9.17) is 0 Å². The van der Waals surface area contributed by atoms with Crippen molar-refractivity contribution in [2.45, 2.75) is 25.7 Å². The summed E-state index contributed by atoms with van der Waals surface area (Å²) in [6.07, 6.45) is 3.41. The molecular weight excluding hydrogens is 376 g/mol. The molecule has 0 N–H and O–H groups in total. The number of nitrogens with zero attached hydrogens (tertiary/aromatic N) is 4. The maximum Gasteiger partial charge on any atom is 0.270 e. The van der Waals surface area contributed by atoms with Crippen LogP contribution >= 0.6 is 0 Å². The summed E-state index contributed by atoms with van der Waals surface area (Å²) >= 11 is 0. The Bertz CT molecular complexity index is 1090. The standard InChI is InChI=1S/C24H28N4O2/c1-16-5-8-21-19(13-16)14-22(27(21)4)24(30)28-11-9-17(10-12-28)20-7-6-18(15-25-20)23(29)26(2)3/h5-8,13-15,17H,9-12H2,1-4H3. The average molecular weight is 405 g/mol. The number of carbonyl (C=O) groups is 2. The van der Waals surface area contributed by atoms with Crippen molar-refractivity contribution in [2.24, 2.45) is 7.05 Å².